The van der Waals surface area contributed by atoms with Crippen LogP contribution in [0.25, 0.3) is 0 Å². The van der Waals surface area contributed by atoms with Crippen molar-refractivity contribution in [2.24, 2.45) is 11.3 Å². The van der Waals surface area contributed by atoms with Gasteiger partial charge in [-0.15, -0.1) is 13.2 Å². The highest BCUT2D eigenvalue weighted by Crippen LogP contribution is 2.58. The molecule has 0 radical (unpaired) electrons. The molecule has 1 aromatic rings. The minimum absolute atomic E-state index is 0.0145. The highest BCUT2D eigenvalue weighted by molar-refractivity contribution is 5.95. The number of ether oxygens (including phenoxy) is 1. The van der Waals surface area contributed by atoms with Crippen molar-refractivity contribution in [3.63, 3.8) is 0 Å². The molecule has 1 aliphatic carbocycles. The Hall–Kier alpha value is -1.76. The second-order valence-electron chi connectivity index (χ2n) is 5.93. The molecule has 2 N–H and O–H groups in total. The Morgan fingerprint density at radius 1 is 1.23 bits per heavy atom. The molecule has 1 heterocycles. The number of rotatable bonds is 3. The van der Waals surface area contributed by atoms with Gasteiger partial charge in [0.25, 0.3) is 0 Å². The Kier molecular flexibility index (Phi) is 3.76. The van der Waals surface area contributed by atoms with E-state index in [0.717, 1.165) is 32.4 Å². The molecule has 2 fully saturated rings. The second-order valence-corrected chi connectivity index (χ2v) is 5.93. The molecular weight excluding hydrogens is 297 g/mol. The van der Waals surface area contributed by atoms with Gasteiger partial charge in [-0.25, -0.2) is 0 Å². The minimum Gasteiger partial charge on any atom is -0.406 e. The van der Waals surface area contributed by atoms with Crippen LogP contribution in [0, 0.1) is 11.3 Å². The highest BCUT2D eigenvalue weighted by atomic mass is 19.4. The topological polar surface area (TPSA) is 50.4 Å². The maximum atomic E-state index is 12.2. The summed E-state index contributed by atoms with van der Waals surface area (Å²) < 4.78 is 40.0. The fourth-order valence-electron chi connectivity index (χ4n) is 3.16. The SMILES string of the molecule is O=C(Nc1ccc(OC(F)(F)F)cc1)C1CC12CCNCC2. The Labute approximate surface area is 126 Å². The minimum atomic E-state index is -4.71. The van der Waals surface area contributed by atoms with Gasteiger partial charge in [-0.1, -0.05) is 0 Å². The molecule has 1 saturated carbocycles. The Morgan fingerprint density at radius 2 is 1.86 bits per heavy atom. The number of nitrogens with one attached hydrogen (secondary N) is 2. The van der Waals surface area contributed by atoms with Crippen molar-refractivity contribution in [3.05, 3.63) is 24.3 Å². The van der Waals surface area contributed by atoms with E-state index >= 15 is 0 Å². The van der Waals surface area contributed by atoms with Gasteiger partial charge in [0.05, 0.1) is 0 Å². The number of benzene rings is 1. The third-order valence-electron chi connectivity index (χ3n) is 4.46. The van der Waals surface area contributed by atoms with E-state index in [2.05, 4.69) is 15.4 Å². The van der Waals surface area contributed by atoms with Crippen LogP contribution in [0.15, 0.2) is 24.3 Å². The first kappa shape index (κ1) is 15.1. The highest BCUT2D eigenvalue weighted by Gasteiger charge is 2.57. The van der Waals surface area contributed by atoms with E-state index in [0.29, 0.717) is 5.69 Å². The average Bonchev–Trinajstić information content (AvgIpc) is 3.14. The summed E-state index contributed by atoms with van der Waals surface area (Å²) in [5.41, 5.74) is 0.616. The van der Waals surface area contributed by atoms with Crippen LogP contribution in [0.5, 0.6) is 5.75 Å². The van der Waals surface area contributed by atoms with Crippen LogP contribution in [0.3, 0.4) is 0 Å². The smallest absolute Gasteiger partial charge is 0.406 e. The maximum Gasteiger partial charge on any atom is 0.573 e. The van der Waals surface area contributed by atoms with Crippen molar-refractivity contribution in [3.8, 4) is 5.75 Å². The largest absolute Gasteiger partial charge is 0.573 e. The molecule has 0 aromatic heterocycles. The van der Waals surface area contributed by atoms with Gasteiger partial charge in [-0.3, -0.25) is 4.79 Å². The number of hydrogen-bond donors (Lipinski definition) is 2. The number of anilines is 1. The molecule has 1 saturated heterocycles. The average molecular weight is 314 g/mol. The summed E-state index contributed by atoms with van der Waals surface area (Å²) in [5, 5.41) is 6.05. The van der Waals surface area contributed by atoms with Crippen LogP contribution in [0.4, 0.5) is 18.9 Å². The van der Waals surface area contributed by atoms with E-state index < -0.39 is 6.36 Å². The third-order valence-corrected chi connectivity index (χ3v) is 4.46. The van der Waals surface area contributed by atoms with Gasteiger partial charge in [0.1, 0.15) is 5.75 Å². The summed E-state index contributed by atoms with van der Waals surface area (Å²) in [6.45, 7) is 1.88. The van der Waals surface area contributed by atoms with E-state index in [4.69, 9.17) is 0 Å². The summed E-state index contributed by atoms with van der Waals surface area (Å²) >= 11 is 0. The van der Waals surface area contributed by atoms with Gasteiger partial charge in [0.15, 0.2) is 0 Å². The number of piperidine rings is 1. The first-order valence-corrected chi connectivity index (χ1v) is 7.25. The molecule has 1 atom stereocenters. The van der Waals surface area contributed by atoms with E-state index in [-0.39, 0.29) is 23.0 Å². The second kappa shape index (κ2) is 5.46. The molecule has 1 aliphatic heterocycles. The quantitative estimate of drug-likeness (QED) is 0.902. The van der Waals surface area contributed by atoms with Gasteiger partial charge >= 0.3 is 6.36 Å². The summed E-state index contributed by atoms with van der Waals surface area (Å²) in [4.78, 5) is 12.2. The fraction of sp³-hybridized carbons (Fsp3) is 0.533. The molecule has 120 valence electrons. The van der Waals surface area contributed by atoms with Crippen LogP contribution in [-0.4, -0.2) is 25.4 Å². The zero-order valence-electron chi connectivity index (χ0n) is 11.9. The van der Waals surface area contributed by atoms with Crippen LogP contribution >= 0.6 is 0 Å². The third kappa shape index (κ3) is 3.35. The molecule has 2 aliphatic rings. The van der Waals surface area contributed by atoms with E-state index in [9.17, 15) is 18.0 Å². The zero-order valence-corrected chi connectivity index (χ0v) is 11.9. The predicted molar refractivity (Wildman–Crippen MR) is 74.4 cm³/mol. The van der Waals surface area contributed by atoms with Crippen molar-refractivity contribution in [1.82, 2.24) is 5.32 Å². The molecule has 3 rings (SSSR count). The molecular formula is C15H17F3N2O2. The molecule has 1 spiro atoms. The number of carbonyl (C=O) groups excluding carboxylic acids is 1. The lowest BCUT2D eigenvalue weighted by Crippen LogP contribution is -2.31. The molecule has 1 amide bonds. The first-order chi connectivity index (χ1) is 10.4. The van der Waals surface area contributed by atoms with Crippen molar-refractivity contribution in [2.75, 3.05) is 18.4 Å². The van der Waals surface area contributed by atoms with Gasteiger partial charge < -0.3 is 15.4 Å². The summed E-state index contributed by atoms with van der Waals surface area (Å²) in [6, 6.07) is 5.21. The number of halogens is 3. The maximum absolute atomic E-state index is 12.2. The van der Waals surface area contributed by atoms with Gasteiger partial charge in [0, 0.05) is 11.6 Å². The van der Waals surface area contributed by atoms with Crippen LogP contribution in [-0.2, 0) is 4.79 Å². The van der Waals surface area contributed by atoms with E-state index in [1.807, 2.05) is 0 Å². The summed E-state index contributed by atoms with van der Waals surface area (Å²) in [7, 11) is 0. The van der Waals surface area contributed by atoms with Gasteiger partial charge in [0.2, 0.25) is 5.91 Å². The molecule has 22 heavy (non-hydrogen) atoms. The number of carbonyl (C=O) groups is 1. The van der Waals surface area contributed by atoms with Crippen LogP contribution in [0.1, 0.15) is 19.3 Å². The lowest BCUT2D eigenvalue weighted by Gasteiger charge is -2.23. The zero-order chi connectivity index (χ0) is 15.8. The van der Waals surface area contributed by atoms with Gasteiger partial charge in [-0.05, 0) is 62.0 Å². The number of amides is 1. The fourth-order valence-corrected chi connectivity index (χ4v) is 3.16. The summed E-state index contributed by atoms with van der Waals surface area (Å²) in [5.74, 6) is -0.334. The first-order valence-electron chi connectivity index (χ1n) is 7.25. The van der Waals surface area contributed by atoms with Crippen LogP contribution in [0.2, 0.25) is 0 Å². The molecule has 4 nitrogen and oxygen atoms in total. The molecule has 1 unspecified atom stereocenters. The van der Waals surface area contributed by atoms with E-state index in [1.54, 1.807) is 0 Å². The Morgan fingerprint density at radius 3 is 2.45 bits per heavy atom. The number of hydrogen-bond acceptors (Lipinski definition) is 3. The van der Waals surface area contributed by atoms with E-state index in [1.165, 1.54) is 24.3 Å². The summed E-state index contributed by atoms with van der Waals surface area (Å²) in [6.07, 6.45) is -1.80. The van der Waals surface area contributed by atoms with Crippen LogP contribution < -0.4 is 15.4 Å². The lowest BCUT2D eigenvalue weighted by atomic mass is 9.92. The molecule has 7 heteroatoms. The van der Waals surface area contributed by atoms with Crippen molar-refractivity contribution < 1.29 is 22.7 Å². The normalized spacial score (nSPS) is 23.1. The standard InChI is InChI=1S/C15H17F3N2O2/c16-15(17,18)22-11-3-1-10(2-4-11)20-13(21)12-9-14(12)5-7-19-8-6-14/h1-4,12,19H,5-9H2,(H,20,21). The Bertz CT molecular complexity index is 551. The predicted octanol–water partition coefficient (Wildman–Crippen LogP) is 2.91. The Balaban J connectivity index is 1.56. The molecule has 0 bridgehead atoms. The van der Waals surface area contributed by atoms with Crippen molar-refractivity contribution in [2.45, 2.75) is 25.6 Å². The van der Waals surface area contributed by atoms with Crippen molar-refractivity contribution >= 4 is 11.6 Å². The van der Waals surface area contributed by atoms with Crippen molar-refractivity contribution in [1.29, 1.82) is 0 Å². The number of alkyl halides is 3. The monoisotopic (exact) mass is 314 g/mol. The molecule has 1 aromatic carbocycles. The van der Waals surface area contributed by atoms with Gasteiger partial charge in [-0.2, -0.15) is 0 Å². The lowest BCUT2D eigenvalue weighted by molar-refractivity contribution is -0.274.